The molecule has 5 nitrogen and oxygen atoms in total. The number of hydrogen-bond donors (Lipinski definition) is 1. The van der Waals surface area contributed by atoms with Gasteiger partial charge in [-0.05, 0) is 50.1 Å². The lowest BCUT2D eigenvalue weighted by molar-refractivity contribution is 0.0696. The standard InChI is InChI=1S/C19H25ClN4O.ClH/c1-13(2)18-17(19(25)23-10-4-5-15(12-23)21-3)11-22-24(18)16-8-6-14(20)7-9-16;/h6-9,11,13,15,21H,4-5,10,12H2,1-3H3;1H. The van der Waals surface area contributed by atoms with Crippen molar-refractivity contribution in [3.8, 4) is 5.69 Å². The van der Waals surface area contributed by atoms with Crippen LogP contribution in [0.2, 0.25) is 5.02 Å². The molecule has 0 aliphatic carbocycles. The fourth-order valence-electron chi connectivity index (χ4n) is 3.43. The molecular weight excluding hydrogens is 371 g/mol. The Bertz CT molecular complexity index is 742. The molecule has 0 radical (unpaired) electrons. The van der Waals surface area contributed by atoms with Crippen LogP contribution in [0.4, 0.5) is 0 Å². The number of halogens is 2. The Morgan fingerprint density at radius 2 is 2.00 bits per heavy atom. The van der Waals surface area contributed by atoms with Crippen molar-refractivity contribution in [2.24, 2.45) is 0 Å². The highest BCUT2D eigenvalue weighted by molar-refractivity contribution is 6.30. The molecular formula is C19H26Cl2N4O. The summed E-state index contributed by atoms with van der Waals surface area (Å²) in [7, 11) is 1.96. The minimum atomic E-state index is 0. The number of rotatable bonds is 4. The van der Waals surface area contributed by atoms with Gasteiger partial charge in [0.2, 0.25) is 0 Å². The predicted molar refractivity (Wildman–Crippen MR) is 108 cm³/mol. The highest BCUT2D eigenvalue weighted by Crippen LogP contribution is 2.26. The summed E-state index contributed by atoms with van der Waals surface area (Å²) in [6.07, 6.45) is 3.84. The summed E-state index contributed by atoms with van der Waals surface area (Å²) >= 11 is 5.99. The molecule has 1 N–H and O–H groups in total. The maximum atomic E-state index is 13.1. The number of benzene rings is 1. The number of hydrogen-bond acceptors (Lipinski definition) is 3. The van der Waals surface area contributed by atoms with Gasteiger partial charge in [0.1, 0.15) is 0 Å². The molecule has 2 aromatic rings. The van der Waals surface area contributed by atoms with E-state index in [1.54, 1.807) is 6.20 Å². The second kappa shape index (κ2) is 8.89. The zero-order valence-electron chi connectivity index (χ0n) is 15.4. The Labute approximate surface area is 166 Å². The van der Waals surface area contributed by atoms with Gasteiger partial charge >= 0.3 is 0 Å². The maximum absolute atomic E-state index is 13.1. The van der Waals surface area contributed by atoms with Gasteiger partial charge in [-0.1, -0.05) is 25.4 Å². The summed E-state index contributed by atoms with van der Waals surface area (Å²) in [6.45, 7) is 5.74. The molecule has 0 bridgehead atoms. The molecule has 1 fully saturated rings. The number of carbonyl (C=O) groups excluding carboxylic acids is 1. The molecule has 142 valence electrons. The number of carbonyl (C=O) groups is 1. The number of likely N-dealkylation sites (N-methyl/N-ethyl adjacent to an activating group) is 1. The van der Waals surface area contributed by atoms with Gasteiger partial charge in [-0.25, -0.2) is 4.68 Å². The molecule has 7 heteroatoms. The second-order valence-electron chi connectivity index (χ2n) is 6.87. The molecule has 1 aliphatic heterocycles. The van der Waals surface area contributed by atoms with E-state index < -0.39 is 0 Å². The van der Waals surface area contributed by atoms with Crippen LogP contribution >= 0.6 is 24.0 Å². The van der Waals surface area contributed by atoms with Gasteiger partial charge in [0.05, 0.1) is 23.1 Å². The van der Waals surface area contributed by atoms with E-state index in [9.17, 15) is 4.79 Å². The maximum Gasteiger partial charge on any atom is 0.257 e. The Hall–Kier alpha value is -1.56. The van der Waals surface area contributed by atoms with Gasteiger partial charge in [-0.3, -0.25) is 4.79 Å². The Morgan fingerprint density at radius 1 is 1.31 bits per heavy atom. The lowest BCUT2D eigenvalue weighted by Gasteiger charge is -2.32. The monoisotopic (exact) mass is 396 g/mol. The minimum absolute atomic E-state index is 0. The van der Waals surface area contributed by atoms with Crippen LogP contribution < -0.4 is 5.32 Å². The molecule has 0 saturated carbocycles. The fourth-order valence-corrected chi connectivity index (χ4v) is 3.56. The third-order valence-electron chi connectivity index (χ3n) is 4.77. The number of likely N-dealkylation sites (tertiary alicyclic amines) is 1. The third-order valence-corrected chi connectivity index (χ3v) is 5.02. The average molecular weight is 397 g/mol. The van der Waals surface area contributed by atoms with E-state index >= 15 is 0 Å². The minimum Gasteiger partial charge on any atom is -0.337 e. The molecule has 2 heterocycles. The number of nitrogens with one attached hydrogen (secondary N) is 1. The van der Waals surface area contributed by atoms with Gasteiger partial charge in [0.25, 0.3) is 5.91 Å². The first kappa shape index (κ1) is 20.7. The van der Waals surface area contributed by atoms with Crippen LogP contribution in [0.1, 0.15) is 48.7 Å². The number of piperidine rings is 1. The largest absolute Gasteiger partial charge is 0.337 e. The van der Waals surface area contributed by atoms with E-state index in [1.165, 1.54) is 0 Å². The van der Waals surface area contributed by atoms with Crippen molar-refractivity contribution in [1.29, 1.82) is 0 Å². The number of nitrogens with zero attached hydrogens (tertiary/aromatic N) is 3. The van der Waals surface area contributed by atoms with E-state index in [4.69, 9.17) is 11.6 Å². The van der Waals surface area contributed by atoms with E-state index in [0.717, 1.165) is 37.3 Å². The zero-order chi connectivity index (χ0) is 18.0. The molecule has 1 unspecified atom stereocenters. The van der Waals surface area contributed by atoms with Crippen molar-refractivity contribution in [2.45, 2.75) is 38.6 Å². The molecule has 1 saturated heterocycles. The SMILES string of the molecule is CNC1CCCN(C(=O)c2cnn(-c3ccc(Cl)cc3)c2C(C)C)C1.Cl. The number of amides is 1. The summed E-state index contributed by atoms with van der Waals surface area (Å²) in [4.78, 5) is 15.1. The van der Waals surface area contributed by atoms with Gasteiger partial charge in [0.15, 0.2) is 0 Å². The van der Waals surface area contributed by atoms with E-state index in [-0.39, 0.29) is 24.2 Å². The molecule has 3 rings (SSSR count). The van der Waals surface area contributed by atoms with Crippen molar-refractivity contribution in [3.63, 3.8) is 0 Å². The first-order chi connectivity index (χ1) is 12.0. The lowest BCUT2D eigenvalue weighted by Crippen LogP contribution is -2.47. The van der Waals surface area contributed by atoms with Crippen LogP contribution in [-0.4, -0.2) is 46.8 Å². The van der Waals surface area contributed by atoms with Crippen molar-refractivity contribution in [1.82, 2.24) is 20.0 Å². The van der Waals surface area contributed by atoms with Crippen LogP contribution in [0.3, 0.4) is 0 Å². The predicted octanol–water partition coefficient (Wildman–Crippen LogP) is 3.89. The van der Waals surface area contributed by atoms with Crippen LogP contribution in [0.15, 0.2) is 30.5 Å². The first-order valence-electron chi connectivity index (χ1n) is 8.81. The van der Waals surface area contributed by atoms with Gasteiger partial charge in [-0.15, -0.1) is 12.4 Å². The van der Waals surface area contributed by atoms with Gasteiger partial charge in [-0.2, -0.15) is 5.10 Å². The smallest absolute Gasteiger partial charge is 0.257 e. The summed E-state index contributed by atoms with van der Waals surface area (Å²) < 4.78 is 1.85. The normalized spacial score (nSPS) is 17.3. The molecule has 1 aromatic heterocycles. The average Bonchev–Trinajstić information content (AvgIpc) is 3.07. The van der Waals surface area contributed by atoms with Gasteiger partial charge < -0.3 is 10.2 Å². The number of aromatic nitrogens is 2. The summed E-state index contributed by atoms with van der Waals surface area (Å²) in [5.41, 5.74) is 2.56. The van der Waals surface area contributed by atoms with Crippen LogP contribution in [0, 0.1) is 0 Å². The van der Waals surface area contributed by atoms with Crippen LogP contribution in [0.25, 0.3) is 5.69 Å². The van der Waals surface area contributed by atoms with E-state index in [2.05, 4.69) is 24.3 Å². The summed E-state index contributed by atoms with van der Waals surface area (Å²) in [6, 6.07) is 7.89. The highest BCUT2D eigenvalue weighted by atomic mass is 35.5. The third kappa shape index (κ3) is 4.22. The highest BCUT2D eigenvalue weighted by Gasteiger charge is 2.28. The van der Waals surface area contributed by atoms with Crippen LogP contribution in [0.5, 0.6) is 0 Å². The van der Waals surface area contributed by atoms with Crippen molar-refractivity contribution < 1.29 is 4.79 Å². The topological polar surface area (TPSA) is 50.2 Å². The Morgan fingerprint density at radius 3 is 2.62 bits per heavy atom. The molecule has 1 atom stereocenters. The van der Waals surface area contributed by atoms with Crippen molar-refractivity contribution >= 4 is 29.9 Å². The van der Waals surface area contributed by atoms with Gasteiger partial charge in [0, 0.05) is 24.2 Å². The lowest BCUT2D eigenvalue weighted by atomic mass is 10.0. The fraction of sp³-hybridized carbons (Fsp3) is 0.474. The Kier molecular flexibility index (Phi) is 7.09. The first-order valence-corrected chi connectivity index (χ1v) is 9.19. The zero-order valence-corrected chi connectivity index (χ0v) is 17.0. The summed E-state index contributed by atoms with van der Waals surface area (Å²) in [5, 5.41) is 8.47. The molecule has 0 spiro atoms. The van der Waals surface area contributed by atoms with Crippen molar-refractivity contribution in [2.75, 3.05) is 20.1 Å². The molecule has 1 aromatic carbocycles. The second-order valence-corrected chi connectivity index (χ2v) is 7.30. The summed E-state index contributed by atoms with van der Waals surface area (Å²) in [5.74, 6) is 0.255. The Balaban J connectivity index is 0.00000243. The molecule has 1 aliphatic rings. The van der Waals surface area contributed by atoms with Crippen molar-refractivity contribution in [3.05, 3.63) is 46.7 Å². The molecule has 26 heavy (non-hydrogen) atoms. The van der Waals surface area contributed by atoms with Crippen LogP contribution in [-0.2, 0) is 0 Å². The van der Waals surface area contributed by atoms with E-state index in [1.807, 2.05) is 40.9 Å². The quantitative estimate of drug-likeness (QED) is 0.852. The van der Waals surface area contributed by atoms with E-state index in [0.29, 0.717) is 16.6 Å². The molecule has 1 amide bonds.